The third-order valence-electron chi connectivity index (χ3n) is 2.59. The van der Waals surface area contributed by atoms with Crippen LogP contribution in [0.5, 0.6) is 5.75 Å². The van der Waals surface area contributed by atoms with E-state index in [4.69, 9.17) is 15.7 Å². The van der Waals surface area contributed by atoms with Crippen molar-refractivity contribution in [3.05, 3.63) is 58.1 Å². The van der Waals surface area contributed by atoms with Crippen molar-refractivity contribution in [2.75, 3.05) is 5.73 Å². The molecule has 4 heteroatoms. The maximum absolute atomic E-state index is 8.60. The Labute approximate surface area is 120 Å². The molecule has 2 aromatic carbocycles. The van der Waals surface area contributed by atoms with Gasteiger partial charge in [-0.25, -0.2) is 0 Å². The average Bonchev–Trinajstić information content (AvgIpc) is 2.37. The van der Waals surface area contributed by atoms with Gasteiger partial charge in [0.05, 0.1) is 12.5 Å². The van der Waals surface area contributed by atoms with Gasteiger partial charge in [-0.1, -0.05) is 28.1 Å². The fraction of sp³-hybridized carbons (Fsp3) is 0.133. The van der Waals surface area contributed by atoms with Gasteiger partial charge in [0.15, 0.2) is 0 Å². The first-order valence-corrected chi connectivity index (χ1v) is 6.60. The first-order valence-electron chi connectivity index (χ1n) is 5.81. The second-order valence-corrected chi connectivity index (χ2v) is 5.08. The van der Waals surface area contributed by atoms with E-state index in [2.05, 4.69) is 22.0 Å². The van der Waals surface area contributed by atoms with E-state index in [0.717, 1.165) is 21.3 Å². The molecule has 0 aliphatic heterocycles. The maximum atomic E-state index is 8.60. The molecule has 0 amide bonds. The van der Waals surface area contributed by atoms with Crippen molar-refractivity contribution in [1.82, 2.24) is 0 Å². The molecule has 0 atom stereocenters. The highest BCUT2D eigenvalue weighted by atomic mass is 79.9. The minimum absolute atomic E-state index is 0.419. The van der Waals surface area contributed by atoms with Crippen LogP contribution in [0.2, 0.25) is 0 Å². The molecule has 19 heavy (non-hydrogen) atoms. The van der Waals surface area contributed by atoms with Gasteiger partial charge < -0.3 is 10.5 Å². The predicted octanol–water partition coefficient (Wildman–Crippen LogP) is 3.68. The number of nitrogens with zero attached hydrogens (tertiary/aromatic N) is 1. The Balaban J connectivity index is 2.00. The Hall–Kier alpha value is -1.99. The third kappa shape index (κ3) is 4.01. The molecule has 0 radical (unpaired) electrons. The summed E-state index contributed by atoms with van der Waals surface area (Å²) in [6.45, 7) is 0.460. The summed E-state index contributed by atoms with van der Waals surface area (Å²) in [6, 6.07) is 15.3. The molecule has 2 N–H and O–H groups in total. The van der Waals surface area contributed by atoms with E-state index in [-0.39, 0.29) is 0 Å². The standard InChI is InChI=1S/C15H13BrN2O/c16-13-7-12(8-14(18)9-13)10-19-15-3-1-11(2-4-15)5-6-17/h1-4,7-9H,5,10,18H2. The zero-order chi connectivity index (χ0) is 13.7. The van der Waals surface area contributed by atoms with Gasteiger partial charge in [-0.3, -0.25) is 0 Å². The number of benzene rings is 2. The quantitative estimate of drug-likeness (QED) is 0.875. The van der Waals surface area contributed by atoms with E-state index < -0.39 is 0 Å². The number of nitriles is 1. The topological polar surface area (TPSA) is 59.0 Å². The molecule has 2 rings (SSSR count). The molecule has 0 aliphatic rings. The summed E-state index contributed by atoms with van der Waals surface area (Å²) >= 11 is 3.40. The van der Waals surface area contributed by atoms with E-state index in [1.807, 2.05) is 42.5 Å². The van der Waals surface area contributed by atoms with E-state index in [1.54, 1.807) is 0 Å². The second kappa shape index (κ2) is 6.26. The summed E-state index contributed by atoms with van der Waals surface area (Å²) in [5, 5.41) is 8.60. The van der Waals surface area contributed by atoms with Crippen LogP contribution in [0.1, 0.15) is 11.1 Å². The van der Waals surface area contributed by atoms with E-state index >= 15 is 0 Å². The Morgan fingerprint density at radius 2 is 1.84 bits per heavy atom. The first kappa shape index (κ1) is 13.4. The summed E-state index contributed by atoms with van der Waals surface area (Å²) < 4.78 is 6.62. The lowest BCUT2D eigenvalue weighted by Gasteiger charge is -2.08. The molecule has 0 bridgehead atoms. The monoisotopic (exact) mass is 316 g/mol. The lowest BCUT2D eigenvalue weighted by Crippen LogP contribution is -1.97. The molecule has 0 unspecified atom stereocenters. The number of rotatable bonds is 4. The normalized spacial score (nSPS) is 9.89. The molecule has 0 aromatic heterocycles. The molecule has 0 aliphatic carbocycles. The van der Waals surface area contributed by atoms with Gasteiger partial charge >= 0.3 is 0 Å². The molecule has 2 aromatic rings. The van der Waals surface area contributed by atoms with Crippen molar-refractivity contribution in [2.45, 2.75) is 13.0 Å². The lowest BCUT2D eigenvalue weighted by molar-refractivity contribution is 0.306. The Morgan fingerprint density at radius 1 is 1.11 bits per heavy atom. The maximum Gasteiger partial charge on any atom is 0.119 e. The van der Waals surface area contributed by atoms with E-state index in [1.165, 1.54) is 0 Å². The first-order chi connectivity index (χ1) is 9.17. The third-order valence-corrected chi connectivity index (χ3v) is 3.05. The smallest absolute Gasteiger partial charge is 0.119 e. The minimum Gasteiger partial charge on any atom is -0.489 e. The van der Waals surface area contributed by atoms with Crippen LogP contribution in [0.15, 0.2) is 46.9 Å². The number of nitrogens with two attached hydrogens (primary N) is 1. The average molecular weight is 317 g/mol. The zero-order valence-corrected chi connectivity index (χ0v) is 11.9. The van der Waals surface area contributed by atoms with Crippen LogP contribution in [0.4, 0.5) is 5.69 Å². The largest absolute Gasteiger partial charge is 0.489 e. The summed E-state index contributed by atoms with van der Waals surface area (Å²) in [5.74, 6) is 0.778. The van der Waals surface area contributed by atoms with Crippen molar-refractivity contribution in [1.29, 1.82) is 5.26 Å². The highest BCUT2D eigenvalue weighted by Gasteiger charge is 2.00. The summed E-state index contributed by atoms with van der Waals surface area (Å²) in [4.78, 5) is 0. The SMILES string of the molecule is N#CCc1ccc(OCc2cc(N)cc(Br)c2)cc1. The van der Waals surface area contributed by atoms with Gasteiger partial charge in [0.2, 0.25) is 0 Å². The number of halogens is 1. The van der Waals surface area contributed by atoms with Gasteiger partial charge in [0.1, 0.15) is 12.4 Å². The van der Waals surface area contributed by atoms with Crippen LogP contribution in [-0.2, 0) is 13.0 Å². The van der Waals surface area contributed by atoms with Crippen LogP contribution in [0, 0.1) is 11.3 Å². The van der Waals surface area contributed by atoms with Crippen LogP contribution in [0.25, 0.3) is 0 Å². The molecule has 0 spiro atoms. The minimum atomic E-state index is 0.419. The second-order valence-electron chi connectivity index (χ2n) is 4.16. The zero-order valence-electron chi connectivity index (χ0n) is 10.3. The lowest BCUT2D eigenvalue weighted by atomic mass is 10.1. The number of nitrogen functional groups attached to an aromatic ring is 1. The highest BCUT2D eigenvalue weighted by molar-refractivity contribution is 9.10. The van der Waals surface area contributed by atoms with Crippen molar-refractivity contribution in [2.24, 2.45) is 0 Å². The number of anilines is 1. The molecule has 0 fully saturated rings. The van der Waals surface area contributed by atoms with Gasteiger partial charge in [0.25, 0.3) is 0 Å². The van der Waals surface area contributed by atoms with Crippen LogP contribution >= 0.6 is 15.9 Å². The van der Waals surface area contributed by atoms with Crippen LogP contribution in [-0.4, -0.2) is 0 Å². The fourth-order valence-corrected chi connectivity index (χ4v) is 2.28. The Bertz CT molecular complexity index is 582. The molecule has 0 heterocycles. The highest BCUT2D eigenvalue weighted by Crippen LogP contribution is 2.19. The van der Waals surface area contributed by atoms with Crippen molar-refractivity contribution < 1.29 is 4.74 Å². The molecule has 3 nitrogen and oxygen atoms in total. The molecular formula is C15H13BrN2O. The van der Waals surface area contributed by atoms with Gasteiger partial charge in [0, 0.05) is 10.2 Å². The van der Waals surface area contributed by atoms with Gasteiger partial charge in [-0.05, 0) is 41.5 Å². The van der Waals surface area contributed by atoms with Gasteiger partial charge in [-0.2, -0.15) is 5.26 Å². The van der Waals surface area contributed by atoms with Crippen molar-refractivity contribution in [3.63, 3.8) is 0 Å². The summed E-state index contributed by atoms with van der Waals surface area (Å²) in [7, 11) is 0. The van der Waals surface area contributed by atoms with Crippen LogP contribution < -0.4 is 10.5 Å². The van der Waals surface area contributed by atoms with Crippen molar-refractivity contribution >= 4 is 21.6 Å². The fourth-order valence-electron chi connectivity index (χ4n) is 1.72. The molecule has 96 valence electrons. The molecule has 0 saturated carbocycles. The number of hydrogen-bond acceptors (Lipinski definition) is 3. The Kier molecular flexibility index (Phi) is 4.43. The molecule has 0 saturated heterocycles. The summed E-state index contributed by atoms with van der Waals surface area (Å²) in [5.41, 5.74) is 8.47. The Morgan fingerprint density at radius 3 is 2.47 bits per heavy atom. The molecular weight excluding hydrogens is 304 g/mol. The number of hydrogen-bond donors (Lipinski definition) is 1. The predicted molar refractivity (Wildman–Crippen MR) is 78.6 cm³/mol. The van der Waals surface area contributed by atoms with E-state index in [0.29, 0.717) is 18.7 Å². The van der Waals surface area contributed by atoms with Crippen LogP contribution in [0.3, 0.4) is 0 Å². The number of ether oxygens (including phenoxy) is 1. The summed E-state index contributed by atoms with van der Waals surface area (Å²) in [6.07, 6.45) is 0.419. The van der Waals surface area contributed by atoms with Crippen molar-refractivity contribution in [3.8, 4) is 11.8 Å². The van der Waals surface area contributed by atoms with E-state index in [9.17, 15) is 0 Å². The van der Waals surface area contributed by atoms with Gasteiger partial charge in [-0.15, -0.1) is 0 Å².